The van der Waals surface area contributed by atoms with Gasteiger partial charge in [-0.2, -0.15) is 11.8 Å². The number of phosphoric ester groups is 1. The standard InChI is InChI=1S/C23H49O4PS/c1-4-5-6-7-8-9-10-11-12-13-14-15-16-17-18-19-20-29-23(3)21-22(2)27-28(24,25)26/h22-23H,4-21H2,1-3H3,(H2,24,25,26). The summed E-state index contributed by atoms with van der Waals surface area (Å²) in [6, 6.07) is 0. The van der Waals surface area contributed by atoms with Gasteiger partial charge in [0.1, 0.15) is 0 Å². The highest BCUT2D eigenvalue weighted by molar-refractivity contribution is 7.99. The number of hydrogen-bond acceptors (Lipinski definition) is 3. The van der Waals surface area contributed by atoms with Crippen molar-refractivity contribution >= 4 is 19.6 Å². The molecule has 0 aliphatic carbocycles. The summed E-state index contributed by atoms with van der Waals surface area (Å²) in [5.74, 6) is 1.13. The van der Waals surface area contributed by atoms with Crippen LogP contribution in [-0.2, 0) is 9.09 Å². The molecule has 0 aliphatic rings. The second-order valence-electron chi connectivity index (χ2n) is 8.63. The summed E-state index contributed by atoms with van der Waals surface area (Å²) < 4.78 is 15.5. The Morgan fingerprint density at radius 1 is 0.724 bits per heavy atom. The largest absolute Gasteiger partial charge is 0.469 e. The number of thioether (sulfide) groups is 1. The quantitative estimate of drug-likeness (QED) is 0.128. The molecular weight excluding hydrogens is 403 g/mol. The van der Waals surface area contributed by atoms with E-state index in [1.165, 1.54) is 103 Å². The van der Waals surface area contributed by atoms with Gasteiger partial charge in [0.05, 0.1) is 6.10 Å². The summed E-state index contributed by atoms with van der Waals surface area (Å²) in [5.41, 5.74) is 0. The van der Waals surface area contributed by atoms with Crippen LogP contribution in [0.2, 0.25) is 0 Å². The molecule has 0 saturated carbocycles. The Labute approximate surface area is 185 Å². The number of rotatable bonds is 22. The minimum atomic E-state index is -4.35. The van der Waals surface area contributed by atoms with Crippen molar-refractivity contribution in [2.75, 3.05) is 5.75 Å². The Hall–Kier alpha value is 0.460. The zero-order valence-corrected chi connectivity index (χ0v) is 21.2. The molecule has 6 heteroatoms. The van der Waals surface area contributed by atoms with Crippen molar-refractivity contribution in [3.8, 4) is 0 Å². The lowest BCUT2D eigenvalue weighted by molar-refractivity contribution is 0.139. The fourth-order valence-electron chi connectivity index (χ4n) is 3.75. The van der Waals surface area contributed by atoms with Crippen molar-refractivity contribution in [1.29, 1.82) is 0 Å². The Morgan fingerprint density at radius 2 is 1.10 bits per heavy atom. The maximum absolute atomic E-state index is 10.8. The number of phosphoric acid groups is 1. The van der Waals surface area contributed by atoms with Crippen LogP contribution in [0.5, 0.6) is 0 Å². The normalized spacial score (nSPS) is 14.2. The van der Waals surface area contributed by atoms with Gasteiger partial charge < -0.3 is 9.79 Å². The lowest BCUT2D eigenvalue weighted by atomic mass is 10.0. The van der Waals surface area contributed by atoms with Gasteiger partial charge in [-0.15, -0.1) is 0 Å². The molecule has 0 spiro atoms. The van der Waals surface area contributed by atoms with Crippen molar-refractivity contribution < 1.29 is 18.9 Å². The van der Waals surface area contributed by atoms with E-state index in [0.717, 1.165) is 5.75 Å². The Kier molecular flexibility index (Phi) is 20.7. The molecule has 0 fully saturated rings. The summed E-state index contributed by atoms with van der Waals surface area (Å²) in [5, 5.41) is 0.368. The zero-order valence-electron chi connectivity index (χ0n) is 19.4. The molecule has 0 saturated heterocycles. The number of hydrogen-bond donors (Lipinski definition) is 2. The fraction of sp³-hybridized carbons (Fsp3) is 1.00. The minimum Gasteiger partial charge on any atom is -0.303 e. The van der Waals surface area contributed by atoms with Crippen LogP contribution in [0.1, 0.15) is 130 Å². The van der Waals surface area contributed by atoms with Gasteiger partial charge in [-0.25, -0.2) is 4.57 Å². The first-order valence-electron chi connectivity index (χ1n) is 12.2. The van der Waals surface area contributed by atoms with E-state index in [4.69, 9.17) is 14.3 Å². The summed E-state index contributed by atoms with van der Waals surface area (Å²) in [6.45, 7) is 6.11. The van der Waals surface area contributed by atoms with Gasteiger partial charge in [0, 0.05) is 5.25 Å². The van der Waals surface area contributed by atoms with E-state index < -0.39 is 13.9 Å². The summed E-state index contributed by atoms with van der Waals surface area (Å²) in [7, 11) is -4.35. The third kappa shape index (κ3) is 24.6. The second kappa shape index (κ2) is 20.4. The van der Waals surface area contributed by atoms with Gasteiger partial charge in [-0.1, -0.05) is 110 Å². The fourth-order valence-corrected chi connectivity index (χ4v) is 5.48. The molecule has 0 bridgehead atoms. The molecule has 0 aromatic heterocycles. The second-order valence-corrected chi connectivity index (χ2v) is 11.4. The molecular formula is C23H49O4PS. The van der Waals surface area contributed by atoms with E-state index in [-0.39, 0.29) is 0 Å². The SMILES string of the molecule is CCCCCCCCCCCCCCCCCCSC(C)CC(C)OP(=O)(O)O. The molecule has 2 unspecified atom stereocenters. The van der Waals surface area contributed by atoms with Crippen LogP contribution < -0.4 is 0 Å². The average Bonchev–Trinajstić information content (AvgIpc) is 2.62. The molecule has 0 radical (unpaired) electrons. The van der Waals surface area contributed by atoms with Crippen molar-refractivity contribution in [3.05, 3.63) is 0 Å². The Morgan fingerprint density at radius 3 is 1.48 bits per heavy atom. The first-order chi connectivity index (χ1) is 13.8. The number of unbranched alkanes of at least 4 members (excludes halogenated alkanes) is 15. The van der Waals surface area contributed by atoms with Crippen molar-refractivity contribution in [3.63, 3.8) is 0 Å². The highest BCUT2D eigenvalue weighted by Crippen LogP contribution is 2.38. The van der Waals surface area contributed by atoms with Gasteiger partial charge in [0.2, 0.25) is 0 Å². The molecule has 2 N–H and O–H groups in total. The predicted molar refractivity (Wildman–Crippen MR) is 129 cm³/mol. The first-order valence-corrected chi connectivity index (χ1v) is 14.8. The third-order valence-electron chi connectivity index (χ3n) is 5.38. The molecule has 29 heavy (non-hydrogen) atoms. The van der Waals surface area contributed by atoms with Gasteiger partial charge in [0.15, 0.2) is 0 Å². The monoisotopic (exact) mass is 452 g/mol. The lowest BCUT2D eigenvalue weighted by Gasteiger charge is -2.17. The summed E-state index contributed by atoms with van der Waals surface area (Å²) >= 11 is 1.88. The van der Waals surface area contributed by atoms with E-state index in [1.807, 2.05) is 11.8 Å². The maximum atomic E-state index is 10.8. The lowest BCUT2D eigenvalue weighted by Crippen LogP contribution is -2.13. The Balaban J connectivity index is 3.24. The highest BCUT2D eigenvalue weighted by atomic mass is 32.2. The van der Waals surface area contributed by atoms with E-state index in [9.17, 15) is 4.57 Å². The summed E-state index contributed by atoms with van der Waals surface area (Å²) in [6.07, 6.45) is 22.5. The van der Waals surface area contributed by atoms with Crippen LogP contribution >= 0.6 is 19.6 Å². The molecule has 0 aliphatic heterocycles. The topological polar surface area (TPSA) is 66.8 Å². The van der Waals surface area contributed by atoms with Gasteiger partial charge >= 0.3 is 7.82 Å². The van der Waals surface area contributed by atoms with Crippen LogP contribution in [0.3, 0.4) is 0 Å². The van der Waals surface area contributed by atoms with Crippen LogP contribution in [0.4, 0.5) is 0 Å². The van der Waals surface area contributed by atoms with Crippen molar-refractivity contribution in [1.82, 2.24) is 0 Å². The van der Waals surface area contributed by atoms with E-state index in [0.29, 0.717) is 11.7 Å². The van der Waals surface area contributed by atoms with E-state index in [1.54, 1.807) is 6.92 Å². The first kappa shape index (κ1) is 29.5. The molecule has 0 rings (SSSR count). The molecule has 0 aromatic rings. The van der Waals surface area contributed by atoms with Crippen LogP contribution in [-0.4, -0.2) is 26.9 Å². The third-order valence-corrected chi connectivity index (χ3v) is 7.30. The molecule has 0 heterocycles. The van der Waals surface area contributed by atoms with Crippen molar-refractivity contribution in [2.45, 2.75) is 141 Å². The van der Waals surface area contributed by atoms with Crippen molar-refractivity contribution in [2.24, 2.45) is 0 Å². The predicted octanol–water partition coefficient (Wildman–Crippen LogP) is 8.26. The highest BCUT2D eigenvalue weighted by Gasteiger charge is 2.20. The smallest absolute Gasteiger partial charge is 0.303 e. The molecule has 176 valence electrons. The zero-order chi connectivity index (χ0) is 21.8. The van der Waals surface area contributed by atoms with Gasteiger partial charge in [-0.05, 0) is 25.5 Å². The van der Waals surface area contributed by atoms with Gasteiger partial charge in [-0.3, -0.25) is 4.52 Å². The van der Waals surface area contributed by atoms with Crippen LogP contribution in [0.25, 0.3) is 0 Å². The van der Waals surface area contributed by atoms with Crippen LogP contribution in [0, 0.1) is 0 Å². The minimum absolute atomic E-state index is 0.368. The van der Waals surface area contributed by atoms with Crippen LogP contribution in [0.15, 0.2) is 0 Å². The van der Waals surface area contributed by atoms with E-state index >= 15 is 0 Å². The molecule has 2 atom stereocenters. The molecule has 4 nitrogen and oxygen atoms in total. The van der Waals surface area contributed by atoms with Gasteiger partial charge in [0.25, 0.3) is 0 Å². The Bertz CT molecular complexity index is 389. The molecule has 0 aromatic carbocycles. The average molecular weight is 453 g/mol. The maximum Gasteiger partial charge on any atom is 0.469 e. The molecule has 0 amide bonds. The van der Waals surface area contributed by atoms with E-state index in [2.05, 4.69) is 13.8 Å². The summed E-state index contributed by atoms with van der Waals surface area (Å²) in [4.78, 5) is 17.6.